The van der Waals surface area contributed by atoms with Crippen LogP contribution in [0.15, 0.2) is 34.5 Å². The van der Waals surface area contributed by atoms with Crippen molar-refractivity contribution >= 4 is 33.9 Å². The quantitative estimate of drug-likeness (QED) is 0.780. The average molecular weight is 362 g/mol. The first kappa shape index (κ1) is 17.0. The highest BCUT2D eigenvalue weighted by molar-refractivity contribution is 7.86. The molecule has 1 aromatic heterocycles. The number of carbonyl (C=O) groups excluding carboxylic acids is 2. The molecule has 0 spiro atoms. The van der Waals surface area contributed by atoms with Crippen LogP contribution in [0.3, 0.4) is 0 Å². The maximum absolute atomic E-state index is 12.7. The Morgan fingerprint density at radius 3 is 2.62 bits per heavy atom. The topological polar surface area (TPSA) is 60.4 Å². The number of hydrogen-bond donors (Lipinski definition) is 0. The Kier molecular flexibility index (Phi) is 4.96. The van der Waals surface area contributed by atoms with E-state index < -0.39 is 16.8 Å². The minimum absolute atomic E-state index is 0.0344. The number of ketones is 1. The van der Waals surface area contributed by atoms with Crippen molar-refractivity contribution in [2.45, 2.75) is 29.9 Å². The van der Waals surface area contributed by atoms with Crippen LogP contribution < -0.4 is 0 Å². The number of fused-ring (bicyclic) bond motifs is 1. The van der Waals surface area contributed by atoms with E-state index in [1.807, 2.05) is 30.3 Å². The summed E-state index contributed by atoms with van der Waals surface area (Å²) < 4.78 is 17.6. The summed E-state index contributed by atoms with van der Waals surface area (Å²) in [5.74, 6) is -0.439. The van der Waals surface area contributed by atoms with Crippen molar-refractivity contribution in [2.75, 3.05) is 12.9 Å². The number of ether oxygens (including phenoxy) is 1. The molecule has 1 heterocycles. The lowest BCUT2D eigenvalue weighted by Crippen LogP contribution is -2.20. The molecule has 1 aliphatic carbocycles. The molecule has 2 atom stereocenters. The molecular formula is C18H18O4S2. The lowest BCUT2D eigenvalue weighted by atomic mass is 9.80. The van der Waals surface area contributed by atoms with Crippen LogP contribution in [0.2, 0.25) is 0 Å². The number of rotatable bonds is 4. The molecule has 4 nitrogen and oxygen atoms in total. The summed E-state index contributed by atoms with van der Waals surface area (Å²) in [4.78, 5) is 25.4. The van der Waals surface area contributed by atoms with E-state index in [0.29, 0.717) is 33.1 Å². The predicted molar refractivity (Wildman–Crippen MR) is 94.4 cm³/mol. The summed E-state index contributed by atoms with van der Waals surface area (Å²) in [5.41, 5.74) is 2.27. The van der Waals surface area contributed by atoms with Crippen molar-refractivity contribution in [2.24, 2.45) is 0 Å². The number of hydrogen-bond acceptors (Lipinski definition) is 5. The van der Waals surface area contributed by atoms with Crippen LogP contribution in [0.5, 0.6) is 0 Å². The van der Waals surface area contributed by atoms with Crippen LogP contribution in [-0.2, 0) is 22.0 Å². The molecule has 1 aliphatic rings. The zero-order valence-electron chi connectivity index (χ0n) is 13.5. The molecule has 0 fully saturated rings. The summed E-state index contributed by atoms with van der Waals surface area (Å²) >= 11 is 1.14. The third kappa shape index (κ3) is 3.08. The number of esters is 1. The van der Waals surface area contributed by atoms with Crippen molar-refractivity contribution < 1.29 is 18.5 Å². The number of Topliss-reactive ketones (excluding diaryl/α,β-unsaturated/α-hetero) is 1. The molecule has 126 valence electrons. The SMILES string of the molecule is CCOC(=O)c1sc([S@@](C)=O)c2c1C[C@H](c1ccccc1)CC2=O. The molecule has 2 aromatic rings. The summed E-state index contributed by atoms with van der Waals surface area (Å²) in [7, 11) is -1.30. The highest BCUT2D eigenvalue weighted by Crippen LogP contribution is 2.41. The molecule has 0 saturated carbocycles. The smallest absolute Gasteiger partial charge is 0.348 e. The molecule has 0 radical (unpaired) electrons. The van der Waals surface area contributed by atoms with E-state index in [-0.39, 0.29) is 18.3 Å². The van der Waals surface area contributed by atoms with E-state index in [2.05, 4.69) is 0 Å². The van der Waals surface area contributed by atoms with Gasteiger partial charge < -0.3 is 4.74 Å². The molecule has 0 saturated heterocycles. The molecule has 1 aromatic carbocycles. The molecule has 0 unspecified atom stereocenters. The van der Waals surface area contributed by atoms with Crippen molar-refractivity contribution in [3.63, 3.8) is 0 Å². The van der Waals surface area contributed by atoms with Crippen LogP contribution in [0.1, 0.15) is 50.4 Å². The van der Waals surface area contributed by atoms with Gasteiger partial charge in [0.2, 0.25) is 0 Å². The minimum Gasteiger partial charge on any atom is -0.462 e. The van der Waals surface area contributed by atoms with E-state index in [1.54, 1.807) is 6.92 Å². The van der Waals surface area contributed by atoms with Crippen molar-refractivity contribution in [1.29, 1.82) is 0 Å². The second kappa shape index (κ2) is 6.99. The van der Waals surface area contributed by atoms with Gasteiger partial charge in [0.15, 0.2) is 5.78 Å². The fraction of sp³-hybridized carbons (Fsp3) is 0.333. The Labute approximate surface area is 147 Å². The second-order valence-electron chi connectivity index (χ2n) is 5.69. The molecule has 6 heteroatoms. The standard InChI is InChI=1S/C18H18O4S2/c1-3-22-17(20)16-13-9-12(11-7-5-4-6-8-11)10-14(19)15(13)18(23-16)24(2)21/h4-8,12H,3,9-10H2,1-2H3/t12-,24+/m0/s1. The monoisotopic (exact) mass is 362 g/mol. The van der Waals surface area contributed by atoms with Crippen LogP contribution in [0.25, 0.3) is 0 Å². The van der Waals surface area contributed by atoms with E-state index in [4.69, 9.17) is 4.74 Å². The lowest BCUT2D eigenvalue weighted by molar-refractivity contribution is 0.0531. The Morgan fingerprint density at radius 1 is 1.29 bits per heavy atom. The van der Waals surface area contributed by atoms with Gasteiger partial charge in [0.25, 0.3) is 0 Å². The third-order valence-corrected chi connectivity index (χ3v) is 6.82. The molecule has 3 rings (SSSR count). The first-order valence-electron chi connectivity index (χ1n) is 7.77. The van der Waals surface area contributed by atoms with Gasteiger partial charge in [-0.05, 0) is 30.4 Å². The first-order valence-corrected chi connectivity index (χ1v) is 10.1. The Morgan fingerprint density at radius 2 is 2.00 bits per heavy atom. The molecule has 24 heavy (non-hydrogen) atoms. The predicted octanol–water partition coefficient (Wildman–Crippen LogP) is 3.57. The minimum atomic E-state index is -1.30. The summed E-state index contributed by atoms with van der Waals surface area (Å²) in [6.45, 7) is 2.01. The number of thiophene rings is 1. The van der Waals surface area contributed by atoms with E-state index in [0.717, 1.165) is 16.9 Å². The number of benzene rings is 1. The first-order chi connectivity index (χ1) is 11.5. The summed E-state index contributed by atoms with van der Waals surface area (Å²) in [5, 5.41) is 0. The van der Waals surface area contributed by atoms with Gasteiger partial charge in [-0.15, -0.1) is 11.3 Å². The lowest BCUT2D eigenvalue weighted by Gasteiger charge is -2.23. The Balaban J connectivity index is 2.08. The maximum atomic E-state index is 12.7. The Hall–Kier alpha value is -1.79. The van der Waals surface area contributed by atoms with Crippen LogP contribution >= 0.6 is 11.3 Å². The zero-order valence-corrected chi connectivity index (χ0v) is 15.2. The maximum Gasteiger partial charge on any atom is 0.348 e. The van der Waals surface area contributed by atoms with E-state index >= 15 is 0 Å². The molecule has 0 amide bonds. The van der Waals surface area contributed by atoms with Crippen LogP contribution in [0, 0.1) is 0 Å². The van der Waals surface area contributed by atoms with Crippen LogP contribution in [0.4, 0.5) is 0 Å². The van der Waals surface area contributed by atoms with Gasteiger partial charge >= 0.3 is 5.97 Å². The summed E-state index contributed by atoms with van der Waals surface area (Å²) in [6, 6.07) is 9.83. The van der Waals surface area contributed by atoms with Gasteiger partial charge in [-0.1, -0.05) is 30.3 Å². The fourth-order valence-electron chi connectivity index (χ4n) is 3.09. The molecule has 0 N–H and O–H groups in total. The van der Waals surface area contributed by atoms with Gasteiger partial charge in [-0.2, -0.15) is 0 Å². The molecule has 0 bridgehead atoms. The number of carbonyl (C=O) groups is 2. The van der Waals surface area contributed by atoms with Crippen molar-refractivity contribution in [3.05, 3.63) is 51.9 Å². The van der Waals surface area contributed by atoms with Gasteiger partial charge in [0.05, 0.1) is 17.4 Å². The largest absolute Gasteiger partial charge is 0.462 e. The fourth-order valence-corrected chi connectivity index (χ4v) is 5.31. The summed E-state index contributed by atoms with van der Waals surface area (Å²) in [6.07, 6.45) is 2.50. The zero-order chi connectivity index (χ0) is 17.3. The molecule has 0 aliphatic heterocycles. The average Bonchev–Trinajstić information content (AvgIpc) is 2.96. The van der Waals surface area contributed by atoms with Gasteiger partial charge in [0.1, 0.15) is 9.09 Å². The highest BCUT2D eigenvalue weighted by Gasteiger charge is 2.35. The Bertz CT molecular complexity index is 808. The van der Waals surface area contributed by atoms with Crippen LogP contribution in [-0.4, -0.2) is 28.8 Å². The van der Waals surface area contributed by atoms with Crippen molar-refractivity contribution in [3.8, 4) is 0 Å². The highest BCUT2D eigenvalue weighted by atomic mass is 32.2. The normalized spacial score (nSPS) is 18.1. The van der Waals surface area contributed by atoms with E-state index in [1.165, 1.54) is 6.26 Å². The van der Waals surface area contributed by atoms with Crippen molar-refractivity contribution in [1.82, 2.24) is 0 Å². The van der Waals surface area contributed by atoms with Gasteiger partial charge in [0, 0.05) is 18.2 Å². The molecular weight excluding hydrogens is 344 g/mol. The van der Waals surface area contributed by atoms with Gasteiger partial charge in [-0.3, -0.25) is 9.00 Å². The second-order valence-corrected chi connectivity index (χ2v) is 8.28. The third-order valence-electron chi connectivity index (χ3n) is 4.13. The van der Waals surface area contributed by atoms with E-state index in [9.17, 15) is 13.8 Å². The van der Waals surface area contributed by atoms with Gasteiger partial charge in [-0.25, -0.2) is 4.79 Å².